The number of aromatic nitrogens is 1. The average Bonchev–Trinajstić information content (AvgIpc) is 2.03. The first kappa shape index (κ1) is 8.96. The van der Waals surface area contributed by atoms with Gasteiger partial charge in [-0.15, -0.1) is 0 Å². The minimum absolute atomic E-state index is 0.334. The maximum absolute atomic E-state index is 9.48. The zero-order valence-corrected chi connectivity index (χ0v) is 6.94. The molecular weight excluding hydrogens is 154 g/mol. The molecule has 0 aliphatic heterocycles. The Morgan fingerprint density at radius 3 is 2.75 bits per heavy atom. The molecule has 0 aromatic carbocycles. The summed E-state index contributed by atoms with van der Waals surface area (Å²) in [5, 5.41) is 9.48. The number of rotatable bonds is 2. The molecule has 0 fully saturated rings. The van der Waals surface area contributed by atoms with Crippen LogP contribution < -0.4 is 11.5 Å². The van der Waals surface area contributed by atoms with Gasteiger partial charge < -0.3 is 16.6 Å². The zero-order valence-electron chi connectivity index (χ0n) is 6.94. The molecule has 12 heavy (non-hydrogen) atoms. The summed E-state index contributed by atoms with van der Waals surface area (Å²) in [6, 6.07) is 2.95. The van der Waals surface area contributed by atoms with Crippen LogP contribution in [0.5, 0.6) is 0 Å². The lowest BCUT2D eigenvalue weighted by molar-refractivity contribution is 0.149. The van der Waals surface area contributed by atoms with Crippen LogP contribution in [0.2, 0.25) is 0 Å². The van der Waals surface area contributed by atoms with Crippen molar-refractivity contribution in [2.75, 3.05) is 5.73 Å². The van der Waals surface area contributed by atoms with E-state index >= 15 is 0 Å². The summed E-state index contributed by atoms with van der Waals surface area (Å²) in [6.45, 7) is 1.72. The molecule has 5 N–H and O–H groups in total. The van der Waals surface area contributed by atoms with Crippen molar-refractivity contribution in [1.29, 1.82) is 0 Å². The lowest BCUT2D eigenvalue weighted by Crippen LogP contribution is -2.25. The van der Waals surface area contributed by atoms with Crippen LogP contribution in [0, 0.1) is 0 Å². The van der Waals surface area contributed by atoms with E-state index in [-0.39, 0.29) is 6.04 Å². The summed E-state index contributed by atoms with van der Waals surface area (Å²) in [7, 11) is 0. The Kier molecular flexibility index (Phi) is 2.62. The fourth-order valence-electron chi connectivity index (χ4n) is 0.897. The highest BCUT2D eigenvalue weighted by Crippen LogP contribution is 2.14. The maximum atomic E-state index is 9.48. The Balaban J connectivity index is 2.88. The van der Waals surface area contributed by atoms with Crippen molar-refractivity contribution in [3.8, 4) is 0 Å². The molecule has 0 saturated heterocycles. The SMILES string of the molecule is C[C@@H](N)[C@H](O)c1cc(N)ccn1. The Labute approximate surface area is 71.2 Å². The van der Waals surface area contributed by atoms with Crippen LogP contribution in [0.25, 0.3) is 0 Å². The molecule has 4 heteroatoms. The third kappa shape index (κ3) is 1.93. The highest BCUT2D eigenvalue weighted by atomic mass is 16.3. The van der Waals surface area contributed by atoms with E-state index in [1.165, 1.54) is 0 Å². The van der Waals surface area contributed by atoms with Crippen LogP contribution in [-0.2, 0) is 0 Å². The van der Waals surface area contributed by atoms with E-state index in [9.17, 15) is 5.11 Å². The molecule has 0 unspecified atom stereocenters. The van der Waals surface area contributed by atoms with Gasteiger partial charge in [-0.25, -0.2) is 0 Å². The minimum Gasteiger partial charge on any atom is -0.399 e. The average molecular weight is 167 g/mol. The molecule has 0 spiro atoms. The van der Waals surface area contributed by atoms with Crippen molar-refractivity contribution >= 4 is 5.69 Å². The van der Waals surface area contributed by atoms with Gasteiger partial charge >= 0.3 is 0 Å². The van der Waals surface area contributed by atoms with Crippen molar-refractivity contribution < 1.29 is 5.11 Å². The predicted molar refractivity (Wildman–Crippen MR) is 47.3 cm³/mol. The quantitative estimate of drug-likeness (QED) is 0.580. The van der Waals surface area contributed by atoms with E-state index in [4.69, 9.17) is 11.5 Å². The van der Waals surface area contributed by atoms with Crippen molar-refractivity contribution in [1.82, 2.24) is 4.98 Å². The maximum Gasteiger partial charge on any atom is 0.111 e. The first-order valence-electron chi connectivity index (χ1n) is 3.76. The van der Waals surface area contributed by atoms with E-state index in [1.54, 1.807) is 25.3 Å². The van der Waals surface area contributed by atoms with Crippen LogP contribution in [0.3, 0.4) is 0 Å². The van der Waals surface area contributed by atoms with Gasteiger partial charge in [-0.05, 0) is 19.1 Å². The van der Waals surface area contributed by atoms with Crippen LogP contribution in [0.4, 0.5) is 5.69 Å². The summed E-state index contributed by atoms with van der Waals surface area (Å²) < 4.78 is 0. The minimum atomic E-state index is -0.742. The molecule has 0 aliphatic rings. The van der Waals surface area contributed by atoms with E-state index in [0.717, 1.165) is 0 Å². The monoisotopic (exact) mass is 167 g/mol. The summed E-state index contributed by atoms with van der Waals surface area (Å²) >= 11 is 0. The molecule has 66 valence electrons. The van der Waals surface area contributed by atoms with Gasteiger partial charge in [0.1, 0.15) is 6.10 Å². The number of anilines is 1. The molecule has 0 saturated carbocycles. The molecule has 0 radical (unpaired) electrons. The van der Waals surface area contributed by atoms with E-state index in [0.29, 0.717) is 11.4 Å². The van der Waals surface area contributed by atoms with Gasteiger partial charge in [-0.3, -0.25) is 4.98 Å². The summed E-state index contributed by atoms with van der Waals surface area (Å²) in [5.41, 5.74) is 12.1. The first-order chi connectivity index (χ1) is 5.61. The third-order valence-corrected chi connectivity index (χ3v) is 1.61. The predicted octanol–water partition coefficient (Wildman–Crippen LogP) is 0.0444. The molecule has 1 rings (SSSR count). The summed E-state index contributed by atoms with van der Waals surface area (Å²) in [4.78, 5) is 3.95. The lowest BCUT2D eigenvalue weighted by Gasteiger charge is -2.13. The Morgan fingerprint density at radius 2 is 2.25 bits per heavy atom. The second-order valence-electron chi connectivity index (χ2n) is 2.82. The fourth-order valence-corrected chi connectivity index (χ4v) is 0.897. The molecule has 0 amide bonds. The van der Waals surface area contributed by atoms with Crippen molar-refractivity contribution in [2.45, 2.75) is 19.1 Å². The highest BCUT2D eigenvalue weighted by molar-refractivity contribution is 5.37. The molecular formula is C8H13N3O. The topological polar surface area (TPSA) is 85.2 Å². The molecule has 2 atom stereocenters. The van der Waals surface area contributed by atoms with Crippen LogP contribution in [-0.4, -0.2) is 16.1 Å². The lowest BCUT2D eigenvalue weighted by atomic mass is 10.1. The van der Waals surface area contributed by atoms with Crippen LogP contribution >= 0.6 is 0 Å². The molecule has 4 nitrogen and oxygen atoms in total. The Hall–Kier alpha value is -1.13. The summed E-state index contributed by atoms with van der Waals surface area (Å²) in [5.74, 6) is 0. The largest absolute Gasteiger partial charge is 0.399 e. The second kappa shape index (κ2) is 3.51. The number of nitrogens with two attached hydrogens (primary N) is 2. The van der Waals surface area contributed by atoms with Crippen molar-refractivity contribution in [3.63, 3.8) is 0 Å². The van der Waals surface area contributed by atoms with Gasteiger partial charge in [-0.1, -0.05) is 0 Å². The number of nitrogen functional groups attached to an aromatic ring is 1. The fraction of sp³-hybridized carbons (Fsp3) is 0.375. The van der Waals surface area contributed by atoms with Gasteiger partial charge in [0.05, 0.1) is 5.69 Å². The van der Waals surface area contributed by atoms with E-state index in [2.05, 4.69) is 4.98 Å². The van der Waals surface area contributed by atoms with Gasteiger partial charge in [0.15, 0.2) is 0 Å². The van der Waals surface area contributed by atoms with Gasteiger partial charge in [0, 0.05) is 17.9 Å². The number of aliphatic hydroxyl groups is 1. The van der Waals surface area contributed by atoms with Gasteiger partial charge in [0.25, 0.3) is 0 Å². The van der Waals surface area contributed by atoms with E-state index in [1.807, 2.05) is 0 Å². The molecule has 1 aromatic heterocycles. The molecule has 1 aromatic rings. The molecule has 1 heterocycles. The van der Waals surface area contributed by atoms with Crippen molar-refractivity contribution in [3.05, 3.63) is 24.0 Å². The van der Waals surface area contributed by atoms with Gasteiger partial charge in [-0.2, -0.15) is 0 Å². The summed E-state index contributed by atoms with van der Waals surface area (Å²) in [6.07, 6.45) is 0.810. The standard InChI is InChI=1S/C8H13N3O/c1-5(9)8(12)7-4-6(10)2-3-11-7/h2-5,8,12H,9H2,1H3,(H2,10,11)/t5-,8+/m1/s1. The smallest absolute Gasteiger partial charge is 0.111 e. The Morgan fingerprint density at radius 1 is 1.58 bits per heavy atom. The first-order valence-corrected chi connectivity index (χ1v) is 3.76. The second-order valence-corrected chi connectivity index (χ2v) is 2.82. The number of hydrogen-bond donors (Lipinski definition) is 3. The number of nitrogens with zero attached hydrogens (tertiary/aromatic N) is 1. The number of aliphatic hydroxyl groups excluding tert-OH is 1. The van der Waals surface area contributed by atoms with Crippen molar-refractivity contribution in [2.24, 2.45) is 5.73 Å². The third-order valence-electron chi connectivity index (χ3n) is 1.61. The number of hydrogen-bond acceptors (Lipinski definition) is 4. The highest BCUT2D eigenvalue weighted by Gasteiger charge is 2.13. The van der Waals surface area contributed by atoms with E-state index < -0.39 is 6.10 Å². The molecule has 0 bridgehead atoms. The zero-order chi connectivity index (χ0) is 9.14. The van der Waals surface area contributed by atoms with Gasteiger partial charge in [0.2, 0.25) is 0 Å². The van der Waals surface area contributed by atoms with Crippen LogP contribution in [0.1, 0.15) is 18.7 Å². The Bertz CT molecular complexity index is 262. The van der Waals surface area contributed by atoms with Crippen LogP contribution in [0.15, 0.2) is 18.3 Å². The number of pyridine rings is 1. The normalized spacial score (nSPS) is 15.6. The molecule has 0 aliphatic carbocycles.